The summed E-state index contributed by atoms with van der Waals surface area (Å²) in [7, 11) is 4.16. The zero-order valence-corrected chi connectivity index (χ0v) is 17.4. The van der Waals surface area contributed by atoms with Gasteiger partial charge in [-0.25, -0.2) is 0 Å². The molecule has 0 aliphatic rings. The Labute approximate surface area is 168 Å². The number of aryl methyl sites for hydroxylation is 1. The molecule has 2 aromatic carbocycles. The van der Waals surface area contributed by atoms with Crippen LogP contribution in [0, 0.1) is 6.92 Å². The number of nitrogens with zero attached hydrogens (tertiary/aromatic N) is 1. The topological polar surface area (TPSA) is 56.3 Å². The quantitative estimate of drug-likeness (QED) is 0.509. The highest BCUT2D eigenvalue weighted by Gasteiger charge is 2.17. The zero-order chi connectivity index (χ0) is 20.0. The molecule has 4 rings (SSSR count). The van der Waals surface area contributed by atoms with Gasteiger partial charge in [0.05, 0.1) is 10.9 Å². The number of aromatic hydroxyl groups is 1. The molecule has 2 aromatic heterocycles. The van der Waals surface area contributed by atoms with E-state index in [0.29, 0.717) is 11.3 Å². The summed E-state index contributed by atoms with van der Waals surface area (Å²) in [5, 5.41) is 17.1. The molecule has 4 aromatic rings. The van der Waals surface area contributed by atoms with Crippen LogP contribution < -0.4 is 5.56 Å². The van der Waals surface area contributed by atoms with E-state index >= 15 is 0 Å². The molecular weight excluding hydrogens is 368 g/mol. The van der Waals surface area contributed by atoms with E-state index < -0.39 is 0 Å². The van der Waals surface area contributed by atoms with E-state index in [1.54, 1.807) is 6.07 Å². The van der Waals surface area contributed by atoms with Gasteiger partial charge in [0, 0.05) is 28.3 Å². The standard InChI is InChI=1S/C23H24N2O2S/c1-13-9-19(26)20(16-7-5-15(6-8-16)14(2)10-25(3)4)21-17-11-28-12-18(17)23(27)24-22(13)21/h5-9,11-12,14,26H,10H2,1-4H3,(H,24,27)/t14-/m0/s1. The highest BCUT2D eigenvalue weighted by molar-refractivity contribution is 7.09. The Kier molecular flexibility index (Phi) is 4.73. The first-order valence-corrected chi connectivity index (χ1v) is 10.3. The molecule has 2 heterocycles. The van der Waals surface area contributed by atoms with Gasteiger partial charge in [-0.2, -0.15) is 11.3 Å². The summed E-state index contributed by atoms with van der Waals surface area (Å²) in [6, 6.07) is 10.1. The SMILES string of the molecule is Cc1cc(O)c(-c2ccc([C@@H](C)CN(C)C)cc2)c2c1[nH]c(=O)c1cscc12. The van der Waals surface area contributed by atoms with Gasteiger partial charge >= 0.3 is 0 Å². The first kappa shape index (κ1) is 18.7. The van der Waals surface area contributed by atoms with Crippen molar-refractivity contribution in [3.8, 4) is 16.9 Å². The van der Waals surface area contributed by atoms with Crippen LogP contribution in [0.15, 0.2) is 45.9 Å². The van der Waals surface area contributed by atoms with Crippen molar-refractivity contribution in [1.82, 2.24) is 9.88 Å². The van der Waals surface area contributed by atoms with E-state index in [1.807, 2.05) is 17.7 Å². The van der Waals surface area contributed by atoms with Crippen LogP contribution in [0.3, 0.4) is 0 Å². The minimum absolute atomic E-state index is 0.0867. The van der Waals surface area contributed by atoms with Gasteiger partial charge in [-0.1, -0.05) is 31.2 Å². The molecular formula is C23H24N2O2S. The largest absolute Gasteiger partial charge is 0.507 e. The third kappa shape index (κ3) is 3.11. The summed E-state index contributed by atoms with van der Waals surface area (Å²) in [5.41, 5.74) is 4.54. The molecule has 0 fully saturated rings. The Balaban J connectivity index is 1.94. The van der Waals surface area contributed by atoms with Crippen molar-refractivity contribution in [3.05, 3.63) is 62.6 Å². The first-order valence-electron chi connectivity index (χ1n) is 9.36. The molecule has 0 spiro atoms. The number of aromatic amines is 1. The Hall–Kier alpha value is -2.63. The smallest absolute Gasteiger partial charge is 0.257 e. The van der Waals surface area contributed by atoms with Crippen molar-refractivity contribution in [2.75, 3.05) is 20.6 Å². The molecule has 28 heavy (non-hydrogen) atoms. The average molecular weight is 393 g/mol. The fraction of sp³-hybridized carbons (Fsp3) is 0.261. The summed E-state index contributed by atoms with van der Waals surface area (Å²) in [6.07, 6.45) is 0. The van der Waals surface area contributed by atoms with Crippen molar-refractivity contribution >= 4 is 33.0 Å². The van der Waals surface area contributed by atoms with Crippen molar-refractivity contribution < 1.29 is 5.11 Å². The number of likely N-dealkylation sites (N-methyl/N-ethyl adjacent to an activating group) is 1. The molecule has 0 amide bonds. The normalized spacial score (nSPS) is 12.9. The van der Waals surface area contributed by atoms with Crippen LogP contribution in [0.25, 0.3) is 32.8 Å². The lowest BCUT2D eigenvalue weighted by molar-refractivity contribution is 0.383. The Bertz CT molecular complexity index is 1220. The van der Waals surface area contributed by atoms with Crippen LogP contribution in [0.2, 0.25) is 0 Å². The lowest BCUT2D eigenvalue weighted by Gasteiger charge is -2.18. The molecule has 2 N–H and O–H groups in total. The van der Waals surface area contributed by atoms with Crippen LogP contribution in [0.4, 0.5) is 0 Å². The lowest BCUT2D eigenvalue weighted by Crippen LogP contribution is -2.18. The maximum absolute atomic E-state index is 12.4. The number of rotatable bonds is 4. The van der Waals surface area contributed by atoms with E-state index in [4.69, 9.17) is 0 Å². The fourth-order valence-electron chi connectivity index (χ4n) is 4.00. The van der Waals surface area contributed by atoms with Crippen molar-refractivity contribution in [1.29, 1.82) is 0 Å². The lowest BCUT2D eigenvalue weighted by atomic mass is 9.92. The monoisotopic (exact) mass is 392 g/mol. The van der Waals surface area contributed by atoms with Gasteiger partial charge in [0.2, 0.25) is 0 Å². The van der Waals surface area contributed by atoms with Gasteiger partial charge in [0.15, 0.2) is 0 Å². The number of nitrogens with one attached hydrogen (secondary N) is 1. The highest BCUT2D eigenvalue weighted by Crippen LogP contribution is 2.41. The molecule has 0 saturated heterocycles. The molecule has 0 aliphatic carbocycles. The van der Waals surface area contributed by atoms with Crippen LogP contribution in [0.5, 0.6) is 5.75 Å². The Morgan fingerprint density at radius 1 is 1.14 bits per heavy atom. The molecule has 5 heteroatoms. The Morgan fingerprint density at radius 3 is 2.50 bits per heavy atom. The molecule has 0 bridgehead atoms. The van der Waals surface area contributed by atoms with Crippen molar-refractivity contribution in [2.24, 2.45) is 0 Å². The van der Waals surface area contributed by atoms with Crippen LogP contribution in [-0.4, -0.2) is 35.6 Å². The van der Waals surface area contributed by atoms with E-state index in [1.165, 1.54) is 16.9 Å². The number of benzene rings is 2. The molecule has 1 atom stereocenters. The van der Waals surface area contributed by atoms with Crippen LogP contribution in [-0.2, 0) is 0 Å². The maximum atomic E-state index is 12.4. The first-order chi connectivity index (χ1) is 13.4. The Morgan fingerprint density at radius 2 is 1.82 bits per heavy atom. The van der Waals surface area contributed by atoms with E-state index in [0.717, 1.165) is 39.5 Å². The number of hydrogen-bond donors (Lipinski definition) is 2. The summed E-state index contributed by atoms with van der Waals surface area (Å²) in [4.78, 5) is 17.6. The second-order valence-corrected chi connectivity index (χ2v) is 8.52. The minimum atomic E-state index is -0.0867. The highest BCUT2D eigenvalue weighted by atomic mass is 32.1. The summed E-state index contributed by atoms with van der Waals surface area (Å²) in [5.74, 6) is 0.658. The van der Waals surface area contributed by atoms with Crippen molar-refractivity contribution in [3.63, 3.8) is 0 Å². The third-order valence-electron chi connectivity index (χ3n) is 5.33. The molecule has 4 nitrogen and oxygen atoms in total. The molecule has 144 valence electrons. The predicted octanol–water partition coefficient (Wildman–Crippen LogP) is 5.09. The minimum Gasteiger partial charge on any atom is -0.507 e. The van der Waals surface area contributed by atoms with Gasteiger partial charge in [-0.15, -0.1) is 0 Å². The molecule has 0 aliphatic heterocycles. The fourth-order valence-corrected chi connectivity index (χ4v) is 4.82. The number of pyridine rings is 1. The third-order valence-corrected chi connectivity index (χ3v) is 6.07. The van der Waals surface area contributed by atoms with Gasteiger partial charge in [-0.3, -0.25) is 4.79 Å². The van der Waals surface area contributed by atoms with Crippen molar-refractivity contribution in [2.45, 2.75) is 19.8 Å². The number of phenolic OH excluding ortho intramolecular Hbond substituents is 1. The number of H-pyrrole nitrogens is 1. The molecule has 0 radical (unpaired) electrons. The predicted molar refractivity (Wildman–Crippen MR) is 119 cm³/mol. The van der Waals surface area contributed by atoms with Gasteiger partial charge in [-0.05, 0) is 55.1 Å². The number of hydrogen-bond acceptors (Lipinski definition) is 4. The zero-order valence-electron chi connectivity index (χ0n) is 16.5. The average Bonchev–Trinajstić information content (AvgIpc) is 3.13. The number of fused-ring (bicyclic) bond motifs is 3. The van der Waals surface area contributed by atoms with Crippen LogP contribution in [0.1, 0.15) is 24.0 Å². The van der Waals surface area contributed by atoms with Gasteiger partial charge in [0.25, 0.3) is 5.56 Å². The maximum Gasteiger partial charge on any atom is 0.257 e. The van der Waals surface area contributed by atoms with Crippen LogP contribution >= 0.6 is 11.3 Å². The second kappa shape index (κ2) is 7.08. The van der Waals surface area contributed by atoms with E-state index in [9.17, 15) is 9.90 Å². The van der Waals surface area contributed by atoms with Gasteiger partial charge in [0.1, 0.15) is 5.75 Å². The molecule has 0 saturated carbocycles. The summed E-state index contributed by atoms with van der Waals surface area (Å²) in [6.45, 7) is 5.11. The van der Waals surface area contributed by atoms with E-state index in [2.05, 4.69) is 55.2 Å². The second-order valence-electron chi connectivity index (χ2n) is 7.78. The summed E-state index contributed by atoms with van der Waals surface area (Å²) >= 11 is 1.50. The molecule has 0 unspecified atom stereocenters. The summed E-state index contributed by atoms with van der Waals surface area (Å²) < 4.78 is 0. The van der Waals surface area contributed by atoms with E-state index in [-0.39, 0.29) is 11.3 Å². The number of aromatic nitrogens is 1. The number of phenols is 1. The number of thiophene rings is 1. The van der Waals surface area contributed by atoms with Gasteiger partial charge < -0.3 is 15.0 Å².